The summed E-state index contributed by atoms with van der Waals surface area (Å²) in [4.78, 5) is 29.2. The summed E-state index contributed by atoms with van der Waals surface area (Å²) in [6.45, 7) is 6.94. The van der Waals surface area contributed by atoms with E-state index in [2.05, 4.69) is 10.3 Å². The van der Waals surface area contributed by atoms with E-state index in [0.29, 0.717) is 6.42 Å². The third-order valence-electron chi connectivity index (χ3n) is 4.94. The van der Waals surface area contributed by atoms with Crippen LogP contribution in [0.1, 0.15) is 52.3 Å². The van der Waals surface area contributed by atoms with Crippen LogP contribution in [0.4, 0.5) is 8.78 Å². The fraction of sp³-hybridized carbons (Fsp3) is 0.650. The number of Topliss-reactive ketones (excluding diaryl/α,β-unsaturated/α-hetero) is 1. The first-order valence-corrected chi connectivity index (χ1v) is 9.76. The Balaban J connectivity index is 3.02. The lowest BCUT2D eigenvalue weighted by Gasteiger charge is -2.31. The molecule has 9 heteroatoms. The number of alkyl halides is 2. The van der Waals surface area contributed by atoms with Gasteiger partial charge < -0.3 is 21.9 Å². The van der Waals surface area contributed by atoms with Crippen molar-refractivity contribution < 1.29 is 23.5 Å². The number of hydrogen-bond donors (Lipinski definition) is 4. The first-order valence-electron chi connectivity index (χ1n) is 9.76. The highest BCUT2D eigenvalue weighted by Gasteiger charge is 2.50. The van der Waals surface area contributed by atoms with Crippen molar-refractivity contribution in [2.45, 2.75) is 70.7 Å². The van der Waals surface area contributed by atoms with Gasteiger partial charge in [0.15, 0.2) is 5.78 Å². The first kappa shape index (κ1) is 25.1. The minimum Gasteiger partial charge on any atom is -0.385 e. The second-order valence-electron chi connectivity index (χ2n) is 7.83. The Morgan fingerprint density at radius 1 is 1.24 bits per heavy atom. The van der Waals surface area contributed by atoms with Gasteiger partial charge in [-0.25, -0.2) is 0 Å². The minimum absolute atomic E-state index is 0.0377. The molecule has 1 heterocycles. The average Bonchev–Trinajstić information content (AvgIpc) is 2.69. The van der Waals surface area contributed by atoms with Crippen molar-refractivity contribution in [1.82, 2.24) is 10.3 Å². The molecule has 0 aromatic carbocycles. The highest BCUT2D eigenvalue weighted by Crippen LogP contribution is 2.25. The molecule has 5 atom stereocenters. The van der Waals surface area contributed by atoms with Crippen LogP contribution in [0, 0.1) is 11.8 Å². The zero-order chi connectivity index (χ0) is 22.4. The van der Waals surface area contributed by atoms with Crippen LogP contribution in [0.15, 0.2) is 24.4 Å². The number of nitrogens with one attached hydrogen (secondary N) is 1. The molecule has 1 rings (SSSR count). The van der Waals surface area contributed by atoms with Gasteiger partial charge in [0.05, 0.1) is 11.7 Å². The van der Waals surface area contributed by atoms with E-state index in [1.807, 2.05) is 0 Å². The van der Waals surface area contributed by atoms with Crippen LogP contribution >= 0.6 is 0 Å². The third kappa shape index (κ3) is 6.52. The van der Waals surface area contributed by atoms with Crippen molar-refractivity contribution >= 4 is 11.7 Å². The van der Waals surface area contributed by atoms with Gasteiger partial charge in [0, 0.05) is 12.2 Å². The number of nitrogens with zero attached hydrogens (tertiary/aromatic N) is 1. The van der Waals surface area contributed by atoms with Crippen LogP contribution in [0.25, 0.3) is 0 Å². The number of aliphatic hydroxyl groups is 1. The summed E-state index contributed by atoms with van der Waals surface area (Å²) in [5.74, 6) is -7.04. The number of halogens is 2. The summed E-state index contributed by atoms with van der Waals surface area (Å²) in [5.41, 5.74) is 11.9. The van der Waals surface area contributed by atoms with Crippen LogP contribution in [0.2, 0.25) is 0 Å². The zero-order valence-electron chi connectivity index (χ0n) is 17.3. The van der Waals surface area contributed by atoms with Crippen LogP contribution in [0.5, 0.6) is 0 Å². The van der Waals surface area contributed by atoms with Gasteiger partial charge in [-0.3, -0.25) is 14.6 Å². The maximum absolute atomic E-state index is 14.5. The fourth-order valence-electron chi connectivity index (χ4n) is 2.94. The minimum atomic E-state index is -4.16. The van der Waals surface area contributed by atoms with Gasteiger partial charge in [-0.05, 0) is 30.4 Å². The molecule has 0 aliphatic carbocycles. The summed E-state index contributed by atoms with van der Waals surface area (Å²) >= 11 is 0. The SMILES string of the molecule is CCC(C)[C@H](NC(=O)C(F)(F)C(O)C(N)CC(C)C)C(=O)C(N)c1ccccn1. The highest BCUT2D eigenvalue weighted by atomic mass is 19.3. The smallest absolute Gasteiger partial charge is 0.351 e. The first-order chi connectivity index (χ1) is 13.4. The standard InChI is InChI=1S/C20H32F2N4O3/c1-5-12(4)16(17(27)15(24)14-8-6-7-9-25-14)26-19(29)20(21,22)18(28)13(23)10-11(2)3/h6-9,11-13,15-16,18,28H,5,10,23-24H2,1-4H3,(H,26,29)/t12?,13?,15?,16-,18?/m0/s1. The highest BCUT2D eigenvalue weighted by molar-refractivity contribution is 5.95. The lowest BCUT2D eigenvalue weighted by molar-refractivity contribution is -0.168. The van der Waals surface area contributed by atoms with Crippen molar-refractivity contribution in [2.24, 2.45) is 23.3 Å². The molecule has 0 radical (unpaired) electrons. The molecule has 0 fully saturated rings. The molecule has 0 saturated carbocycles. The molecule has 29 heavy (non-hydrogen) atoms. The van der Waals surface area contributed by atoms with Gasteiger partial charge >= 0.3 is 5.92 Å². The second-order valence-corrected chi connectivity index (χ2v) is 7.83. The molecule has 1 aromatic heterocycles. The number of carbonyl (C=O) groups is 2. The van der Waals surface area contributed by atoms with Crippen molar-refractivity contribution in [3.05, 3.63) is 30.1 Å². The molecule has 0 aliphatic heterocycles. The van der Waals surface area contributed by atoms with Gasteiger partial charge in [-0.15, -0.1) is 0 Å². The van der Waals surface area contributed by atoms with Gasteiger partial charge in [0.25, 0.3) is 5.91 Å². The van der Waals surface area contributed by atoms with Crippen LogP contribution in [0.3, 0.4) is 0 Å². The van der Waals surface area contributed by atoms with Crippen molar-refractivity contribution in [2.75, 3.05) is 0 Å². The molecule has 0 saturated heterocycles. The lowest BCUT2D eigenvalue weighted by atomic mass is 9.90. The van der Waals surface area contributed by atoms with Gasteiger partial charge in [-0.2, -0.15) is 8.78 Å². The number of pyridine rings is 1. The van der Waals surface area contributed by atoms with Crippen LogP contribution < -0.4 is 16.8 Å². The molecule has 4 unspecified atom stereocenters. The summed E-state index contributed by atoms with van der Waals surface area (Å²) in [7, 11) is 0. The predicted octanol–water partition coefficient (Wildman–Crippen LogP) is 1.55. The van der Waals surface area contributed by atoms with E-state index in [-0.39, 0.29) is 18.0 Å². The number of aliphatic hydroxyl groups excluding tert-OH is 1. The zero-order valence-corrected chi connectivity index (χ0v) is 17.3. The number of nitrogens with two attached hydrogens (primary N) is 2. The Morgan fingerprint density at radius 3 is 2.34 bits per heavy atom. The summed E-state index contributed by atoms with van der Waals surface area (Å²) < 4.78 is 29.1. The molecule has 1 amide bonds. The number of hydrogen-bond acceptors (Lipinski definition) is 6. The molecule has 0 bridgehead atoms. The molecular weight excluding hydrogens is 382 g/mol. The Kier molecular flexibility index (Phi) is 9.25. The molecule has 7 nitrogen and oxygen atoms in total. The number of aromatic nitrogens is 1. The number of carbonyl (C=O) groups excluding carboxylic acids is 2. The fourth-order valence-corrected chi connectivity index (χ4v) is 2.94. The van der Waals surface area contributed by atoms with Crippen LogP contribution in [-0.2, 0) is 9.59 Å². The van der Waals surface area contributed by atoms with E-state index < -0.39 is 47.8 Å². The molecular formula is C20H32F2N4O3. The largest absolute Gasteiger partial charge is 0.385 e. The Hall–Kier alpha value is -1.97. The van der Waals surface area contributed by atoms with E-state index >= 15 is 0 Å². The van der Waals surface area contributed by atoms with Crippen molar-refractivity contribution in [1.29, 1.82) is 0 Å². The van der Waals surface area contributed by atoms with Crippen molar-refractivity contribution in [3.63, 3.8) is 0 Å². The Morgan fingerprint density at radius 2 is 1.86 bits per heavy atom. The monoisotopic (exact) mass is 414 g/mol. The second kappa shape index (κ2) is 10.7. The van der Waals surface area contributed by atoms with Crippen LogP contribution in [-0.4, -0.2) is 45.9 Å². The third-order valence-corrected chi connectivity index (χ3v) is 4.94. The van der Waals surface area contributed by atoms with E-state index in [4.69, 9.17) is 11.5 Å². The quantitative estimate of drug-likeness (QED) is 0.434. The Bertz CT molecular complexity index is 673. The molecule has 1 aromatic rings. The van der Waals surface area contributed by atoms with Gasteiger partial charge in [0.1, 0.15) is 12.1 Å². The van der Waals surface area contributed by atoms with E-state index in [1.54, 1.807) is 45.9 Å². The van der Waals surface area contributed by atoms with E-state index in [9.17, 15) is 23.5 Å². The number of ketones is 1. The number of rotatable bonds is 11. The van der Waals surface area contributed by atoms with Crippen molar-refractivity contribution in [3.8, 4) is 0 Å². The van der Waals surface area contributed by atoms with Gasteiger partial charge in [0.2, 0.25) is 0 Å². The number of amides is 1. The molecule has 6 N–H and O–H groups in total. The van der Waals surface area contributed by atoms with E-state index in [1.165, 1.54) is 6.20 Å². The normalized spacial score (nSPS) is 17.3. The van der Waals surface area contributed by atoms with E-state index in [0.717, 1.165) is 0 Å². The Labute approximate surface area is 170 Å². The van der Waals surface area contributed by atoms with Gasteiger partial charge in [-0.1, -0.05) is 40.2 Å². The molecule has 164 valence electrons. The maximum atomic E-state index is 14.5. The average molecular weight is 414 g/mol. The topological polar surface area (TPSA) is 131 Å². The summed E-state index contributed by atoms with van der Waals surface area (Å²) in [6.07, 6.45) is -0.364. The maximum Gasteiger partial charge on any atom is 0.351 e. The lowest BCUT2D eigenvalue weighted by Crippen LogP contribution is -2.59. The summed E-state index contributed by atoms with van der Waals surface area (Å²) in [5, 5.41) is 12.0. The molecule has 0 aliphatic rings. The predicted molar refractivity (Wildman–Crippen MR) is 106 cm³/mol. The molecule has 0 spiro atoms. The summed E-state index contributed by atoms with van der Waals surface area (Å²) in [6, 6.07) is 1.11.